The van der Waals surface area contributed by atoms with Crippen molar-refractivity contribution in [1.29, 1.82) is 0 Å². The lowest BCUT2D eigenvalue weighted by Gasteiger charge is -2.31. The molecule has 0 spiro atoms. The van der Waals surface area contributed by atoms with Crippen molar-refractivity contribution in [1.82, 2.24) is 5.32 Å². The summed E-state index contributed by atoms with van der Waals surface area (Å²) in [7, 11) is 0. The van der Waals surface area contributed by atoms with Gasteiger partial charge in [-0.1, -0.05) is 0 Å². The van der Waals surface area contributed by atoms with Crippen molar-refractivity contribution in [2.75, 3.05) is 0 Å². The van der Waals surface area contributed by atoms with Crippen molar-refractivity contribution < 1.29 is 9.90 Å². The second kappa shape index (κ2) is 2.23. The second-order valence-electron chi connectivity index (χ2n) is 2.38. The van der Waals surface area contributed by atoms with Gasteiger partial charge < -0.3 is 16.2 Å². The minimum atomic E-state index is -0.952. The molecule has 0 radical (unpaired) electrons. The highest BCUT2D eigenvalue weighted by molar-refractivity contribution is 5.65. The zero-order chi connectivity index (χ0) is 6.85. The van der Waals surface area contributed by atoms with Gasteiger partial charge in [-0.15, -0.1) is 0 Å². The van der Waals surface area contributed by atoms with Crippen LogP contribution >= 0.6 is 0 Å². The summed E-state index contributed by atoms with van der Waals surface area (Å²) < 4.78 is 0. The Labute approximate surface area is 53.0 Å². The average molecular weight is 130 g/mol. The first-order valence-corrected chi connectivity index (χ1v) is 2.93. The quantitative estimate of drug-likeness (QED) is 0.458. The summed E-state index contributed by atoms with van der Waals surface area (Å²) in [5.74, 6) is 0. The van der Waals surface area contributed by atoms with Gasteiger partial charge in [-0.2, -0.15) is 0 Å². The fourth-order valence-electron chi connectivity index (χ4n) is 0.954. The normalized spacial score (nSPS) is 33.0. The molecule has 1 aliphatic rings. The molecule has 4 nitrogen and oxygen atoms in total. The van der Waals surface area contributed by atoms with E-state index in [1.54, 1.807) is 0 Å². The molecule has 1 fully saturated rings. The Morgan fingerprint density at radius 1 is 1.67 bits per heavy atom. The lowest BCUT2D eigenvalue weighted by atomic mass is 9.88. The first-order chi connectivity index (χ1) is 4.18. The number of rotatable bonds is 1. The maximum absolute atomic E-state index is 9.96. The summed E-state index contributed by atoms with van der Waals surface area (Å²) in [4.78, 5) is 9.96. The third kappa shape index (κ3) is 1.57. The van der Waals surface area contributed by atoms with Crippen molar-refractivity contribution >= 4 is 6.09 Å². The summed E-state index contributed by atoms with van der Waals surface area (Å²) in [6.45, 7) is 0. The average Bonchev–Trinajstić information content (AvgIpc) is 1.60. The molecule has 4 heteroatoms. The van der Waals surface area contributed by atoms with Crippen molar-refractivity contribution in [2.45, 2.75) is 24.9 Å². The summed E-state index contributed by atoms with van der Waals surface area (Å²) in [5, 5.41) is 10.5. The maximum Gasteiger partial charge on any atom is 0.404 e. The predicted octanol–water partition coefficient (Wildman–Crippen LogP) is -0.256. The van der Waals surface area contributed by atoms with E-state index in [0.29, 0.717) is 0 Å². The zero-order valence-electron chi connectivity index (χ0n) is 5.00. The number of hydrogen-bond donors (Lipinski definition) is 3. The number of hydrogen-bond acceptors (Lipinski definition) is 2. The van der Waals surface area contributed by atoms with E-state index in [1.807, 2.05) is 0 Å². The van der Waals surface area contributed by atoms with E-state index >= 15 is 0 Å². The summed E-state index contributed by atoms with van der Waals surface area (Å²) in [5.41, 5.74) is 5.41. The molecule has 9 heavy (non-hydrogen) atoms. The van der Waals surface area contributed by atoms with Crippen molar-refractivity contribution in [3.63, 3.8) is 0 Å². The van der Waals surface area contributed by atoms with Crippen LogP contribution in [-0.2, 0) is 0 Å². The van der Waals surface area contributed by atoms with Gasteiger partial charge in [0.25, 0.3) is 0 Å². The standard InChI is InChI=1S/C5H10N2O2/c6-3-1-4(2-3)7-5(8)9/h3-4,7H,1-2,6H2,(H,8,9)/t3-,4+. The molecule has 4 N–H and O–H groups in total. The molecular weight excluding hydrogens is 120 g/mol. The van der Waals surface area contributed by atoms with E-state index < -0.39 is 6.09 Å². The number of carboxylic acid groups (broad SMARTS) is 1. The van der Waals surface area contributed by atoms with Crippen LogP contribution in [0.25, 0.3) is 0 Å². The van der Waals surface area contributed by atoms with Crippen molar-refractivity contribution in [2.24, 2.45) is 5.73 Å². The van der Waals surface area contributed by atoms with Gasteiger partial charge in [0.05, 0.1) is 0 Å². The number of nitrogens with one attached hydrogen (secondary N) is 1. The van der Waals surface area contributed by atoms with E-state index in [9.17, 15) is 4.79 Å². The van der Waals surface area contributed by atoms with Crippen LogP contribution in [0.2, 0.25) is 0 Å². The molecule has 1 rings (SSSR count). The molecule has 0 bridgehead atoms. The third-order valence-electron chi connectivity index (χ3n) is 1.50. The van der Waals surface area contributed by atoms with E-state index in [1.165, 1.54) is 0 Å². The fraction of sp³-hybridized carbons (Fsp3) is 0.800. The molecule has 0 atom stereocenters. The van der Waals surface area contributed by atoms with Crippen molar-refractivity contribution in [3.05, 3.63) is 0 Å². The Morgan fingerprint density at radius 3 is 2.56 bits per heavy atom. The monoisotopic (exact) mass is 130 g/mol. The SMILES string of the molecule is N[C@H]1C[C@@H](NC(=O)O)C1. The highest BCUT2D eigenvalue weighted by Crippen LogP contribution is 2.16. The first kappa shape index (κ1) is 6.35. The minimum absolute atomic E-state index is 0.109. The number of nitrogens with two attached hydrogens (primary N) is 1. The van der Waals surface area contributed by atoms with Gasteiger partial charge in [0.2, 0.25) is 0 Å². The lowest BCUT2D eigenvalue weighted by Crippen LogP contribution is -2.49. The van der Waals surface area contributed by atoms with Crippen molar-refractivity contribution in [3.8, 4) is 0 Å². The van der Waals surface area contributed by atoms with Crippen LogP contribution in [0, 0.1) is 0 Å². The van der Waals surface area contributed by atoms with Gasteiger partial charge in [0.15, 0.2) is 0 Å². The third-order valence-corrected chi connectivity index (χ3v) is 1.50. The molecule has 0 aromatic carbocycles. The molecule has 0 aromatic rings. The summed E-state index contributed by atoms with van der Waals surface area (Å²) in [6.07, 6.45) is 0.616. The van der Waals surface area contributed by atoms with Gasteiger partial charge in [-0.3, -0.25) is 0 Å². The molecular formula is C5H10N2O2. The minimum Gasteiger partial charge on any atom is -0.465 e. The molecule has 0 aromatic heterocycles. The van der Waals surface area contributed by atoms with Crippen LogP contribution in [-0.4, -0.2) is 23.3 Å². The summed E-state index contributed by atoms with van der Waals surface area (Å²) >= 11 is 0. The zero-order valence-corrected chi connectivity index (χ0v) is 5.00. The largest absolute Gasteiger partial charge is 0.465 e. The van der Waals surface area contributed by atoms with E-state index in [-0.39, 0.29) is 12.1 Å². The van der Waals surface area contributed by atoms with Gasteiger partial charge in [-0.25, -0.2) is 4.79 Å². The van der Waals surface area contributed by atoms with Crippen LogP contribution in [0.3, 0.4) is 0 Å². The van der Waals surface area contributed by atoms with Crippen LogP contribution in [0.5, 0.6) is 0 Å². The first-order valence-electron chi connectivity index (χ1n) is 2.93. The van der Waals surface area contributed by atoms with E-state index in [4.69, 9.17) is 10.8 Å². The second-order valence-corrected chi connectivity index (χ2v) is 2.38. The Kier molecular flexibility index (Phi) is 1.57. The lowest BCUT2D eigenvalue weighted by molar-refractivity contribution is 0.178. The Bertz CT molecular complexity index is 120. The smallest absolute Gasteiger partial charge is 0.404 e. The van der Waals surface area contributed by atoms with Crippen LogP contribution in [0.15, 0.2) is 0 Å². The number of amides is 1. The van der Waals surface area contributed by atoms with Gasteiger partial charge >= 0.3 is 6.09 Å². The van der Waals surface area contributed by atoms with E-state index in [2.05, 4.69) is 5.32 Å². The Balaban J connectivity index is 2.11. The molecule has 0 heterocycles. The molecule has 0 aliphatic heterocycles. The van der Waals surface area contributed by atoms with Crippen LogP contribution in [0.1, 0.15) is 12.8 Å². The van der Waals surface area contributed by atoms with Crippen LogP contribution < -0.4 is 11.1 Å². The Morgan fingerprint density at radius 2 is 2.22 bits per heavy atom. The van der Waals surface area contributed by atoms with Gasteiger partial charge in [-0.05, 0) is 12.8 Å². The predicted molar refractivity (Wildman–Crippen MR) is 32.2 cm³/mol. The molecule has 0 unspecified atom stereocenters. The molecule has 52 valence electrons. The highest BCUT2D eigenvalue weighted by atomic mass is 16.4. The maximum atomic E-state index is 9.96. The van der Waals surface area contributed by atoms with Gasteiger partial charge in [0, 0.05) is 12.1 Å². The van der Waals surface area contributed by atoms with Crippen LogP contribution in [0.4, 0.5) is 4.79 Å². The van der Waals surface area contributed by atoms with Gasteiger partial charge in [0.1, 0.15) is 0 Å². The Hall–Kier alpha value is -0.770. The molecule has 1 saturated carbocycles. The molecule has 0 saturated heterocycles. The summed E-state index contributed by atoms with van der Waals surface area (Å²) in [6, 6.07) is 0.319. The van der Waals surface area contributed by atoms with E-state index in [0.717, 1.165) is 12.8 Å². The fourth-order valence-corrected chi connectivity index (χ4v) is 0.954. The molecule has 1 amide bonds. The molecule has 1 aliphatic carbocycles. The topological polar surface area (TPSA) is 75.3 Å². The highest BCUT2D eigenvalue weighted by Gasteiger charge is 2.26. The number of carbonyl (C=O) groups is 1.